The van der Waals surface area contributed by atoms with E-state index in [4.69, 9.17) is 9.98 Å². The molecule has 0 N–H and O–H groups in total. The zero-order valence-corrected chi connectivity index (χ0v) is 38.7. The molecule has 0 aliphatic carbocycles. The van der Waals surface area contributed by atoms with Gasteiger partial charge in [-0.3, -0.25) is 4.99 Å². The van der Waals surface area contributed by atoms with E-state index in [9.17, 15) is 10.2 Å². The molecule has 3 rings (SSSR count). The van der Waals surface area contributed by atoms with Crippen LogP contribution < -0.4 is 15.1 Å². The standard InChI is InChI=1S/C43H68N2.C10H15NO2.Ni/c1-3-5-7-8-9-10-11-12-13-14-15-16-17-18-19-20-21-22-23-24-25-26-33-39-43(45-41-36-31-28-32-37-41)42(38-6-4-2)44-40-34-29-27-30-35-40;1-3-11(4-2)8-6-5-7-9(12)10(8)13;/h27-37,39H,3-26,38H2,1-2H3;5-7,12-13H,3-4H2,1-2H3;/q;;+2/p-2. The maximum Gasteiger partial charge on any atom is 2.00 e. The Morgan fingerprint density at radius 2 is 0.915 bits per heavy atom. The van der Waals surface area contributed by atoms with E-state index < -0.39 is 11.5 Å². The molecule has 3 aromatic rings. The van der Waals surface area contributed by atoms with Crippen molar-refractivity contribution < 1.29 is 26.7 Å². The fraction of sp³-hybridized carbons (Fsp3) is 0.585. The van der Waals surface area contributed by atoms with E-state index in [2.05, 4.69) is 74.5 Å². The molecule has 0 saturated carbocycles. The van der Waals surface area contributed by atoms with Gasteiger partial charge in [0.15, 0.2) is 0 Å². The number of aliphatic imine (C=N–C) groups is 2. The van der Waals surface area contributed by atoms with Crippen molar-refractivity contribution in [2.45, 2.75) is 188 Å². The van der Waals surface area contributed by atoms with Gasteiger partial charge in [-0.05, 0) is 75.9 Å². The van der Waals surface area contributed by atoms with Gasteiger partial charge in [-0.1, -0.05) is 209 Å². The Morgan fingerprint density at radius 1 is 0.492 bits per heavy atom. The SMILES string of the molecule is CCCCCCCCCCCCCCCCCCCCCCCC=CC(=Nc1ccccc1)C(CCCC)=Nc1ccccc1.CCN(CC)c1cccc([O-])c1[O-].[Ni+2]. The molecular weight excluding hydrogens is 769 g/mol. The van der Waals surface area contributed by atoms with Crippen molar-refractivity contribution in [2.75, 3.05) is 18.0 Å². The van der Waals surface area contributed by atoms with Crippen LogP contribution >= 0.6 is 0 Å². The van der Waals surface area contributed by atoms with E-state index >= 15 is 0 Å². The average molecular weight is 851 g/mol. The van der Waals surface area contributed by atoms with Gasteiger partial charge >= 0.3 is 16.5 Å². The van der Waals surface area contributed by atoms with Gasteiger partial charge in [0.2, 0.25) is 0 Å². The third-order valence-corrected chi connectivity index (χ3v) is 10.9. The van der Waals surface area contributed by atoms with Gasteiger partial charge in [-0.15, -0.1) is 5.75 Å². The summed E-state index contributed by atoms with van der Waals surface area (Å²) >= 11 is 0. The minimum absolute atomic E-state index is 0. The molecule has 0 saturated heterocycles. The van der Waals surface area contributed by atoms with E-state index in [1.807, 2.05) is 30.9 Å². The summed E-state index contributed by atoms with van der Waals surface area (Å²) in [6.07, 6.45) is 38.8. The number of para-hydroxylation sites is 3. The van der Waals surface area contributed by atoms with Crippen LogP contribution in [0, 0.1) is 0 Å². The minimum atomic E-state index is -0.426. The van der Waals surface area contributed by atoms with Crippen molar-refractivity contribution in [2.24, 2.45) is 9.98 Å². The number of rotatable bonds is 32. The van der Waals surface area contributed by atoms with Crippen LogP contribution in [0.1, 0.15) is 188 Å². The van der Waals surface area contributed by atoms with Crippen molar-refractivity contribution in [1.29, 1.82) is 0 Å². The number of nitrogens with zero attached hydrogens (tertiary/aromatic N) is 3. The minimum Gasteiger partial charge on any atom is -0.873 e. The third kappa shape index (κ3) is 26.5. The Labute approximate surface area is 372 Å². The molecule has 0 unspecified atom stereocenters. The van der Waals surface area contributed by atoms with Gasteiger partial charge in [0.25, 0.3) is 0 Å². The molecule has 3 aromatic carbocycles. The van der Waals surface area contributed by atoms with E-state index in [0.717, 1.165) is 61.6 Å². The topological polar surface area (TPSA) is 74.1 Å². The molecule has 6 heteroatoms. The molecule has 0 atom stereocenters. The molecule has 0 heterocycles. The molecule has 5 nitrogen and oxygen atoms in total. The van der Waals surface area contributed by atoms with Crippen LogP contribution in [0.15, 0.2) is 101 Å². The molecular formula is C53H81N3NiO2. The molecule has 0 amide bonds. The second-order valence-corrected chi connectivity index (χ2v) is 15.9. The zero-order valence-electron chi connectivity index (χ0n) is 37.7. The third-order valence-electron chi connectivity index (χ3n) is 10.9. The normalized spacial score (nSPS) is 11.7. The van der Waals surface area contributed by atoms with Crippen LogP contribution in [-0.2, 0) is 16.5 Å². The molecule has 0 spiro atoms. The van der Waals surface area contributed by atoms with Gasteiger partial charge in [0.05, 0.1) is 22.8 Å². The molecule has 0 bridgehead atoms. The number of anilines is 1. The Hall–Kier alpha value is -3.37. The smallest absolute Gasteiger partial charge is 0.873 e. The van der Waals surface area contributed by atoms with Crippen molar-refractivity contribution in [1.82, 2.24) is 0 Å². The molecule has 0 aliphatic rings. The maximum absolute atomic E-state index is 11.4. The van der Waals surface area contributed by atoms with Crippen LogP contribution in [0.2, 0.25) is 0 Å². The fourth-order valence-electron chi connectivity index (χ4n) is 7.29. The summed E-state index contributed by atoms with van der Waals surface area (Å²) in [5, 5.41) is 22.4. The Balaban J connectivity index is 0.00000105. The Morgan fingerprint density at radius 3 is 1.36 bits per heavy atom. The van der Waals surface area contributed by atoms with Crippen LogP contribution in [0.5, 0.6) is 11.5 Å². The Kier molecular flexibility index (Phi) is 34.2. The van der Waals surface area contributed by atoms with Gasteiger partial charge in [-0.2, -0.15) is 0 Å². The predicted octanol–water partition coefficient (Wildman–Crippen LogP) is 15.6. The van der Waals surface area contributed by atoms with Gasteiger partial charge in [0.1, 0.15) is 0 Å². The van der Waals surface area contributed by atoms with Crippen molar-refractivity contribution in [3.05, 3.63) is 91.0 Å². The first kappa shape index (κ1) is 53.7. The van der Waals surface area contributed by atoms with E-state index in [0.29, 0.717) is 5.69 Å². The predicted molar refractivity (Wildman–Crippen MR) is 252 cm³/mol. The van der Waals surface area contributed by atoms with Crippen molar-refractivity contribution in [3.8, 4) is 11.5 Å². The molecule has 0 fully saturated rings. The van der Waals surface area contributed by atoms with Crippen LogP contribution in [0.3, 0.4) is 0 Å². The summed E-state index contributed by atoms with van der Waals surface area (Å²) < 4.78 is 0. The van der Waals surface area contributed by atoms with Gasteiger partial charge < -0.3 is 15.1 Å². The largest absolute Gasteiger partial charge is 2.00 e. The number of hydrogen-bond donors (Lipinski definition) is 0. The van der Waals surface area contributed by atoms with Gasteiger partial charge in [-0.25, -0.2) is 4.99 Å². The summed E-state index contributed by atoms with van der Waals surface area (Å²) in [4.78, 5) is 11.9. The monoisotopic (exact) mass is 850 g/mol. The summed E-state index contributed by atoms with van der Waals surface area (Å²) in [6.45, 7) is 9.95. The maximum atomic E-state index is 11.4. The van der Waals surface area contributed by atoms with Crippen LogP contribution in [0.4, 0.5) is 17.1 Å². The summed E-state index contributed by atoms with van der Waals surface area (Å²) in [6, 6.07) is 25.2. The first-order valence-electron chi connectivity index (χ1n) is 23.7. The van der Waals surface area contributed by atoms with E-state index in [1.165, 1.54) is 141 Å². The average Bonchev–Trinajstić information content (AvgIpc) is 3.25. The molecule has 0 radical (unpaired) electrons. The van der Waals surface area contributed by atoms with Crippen LogP contribution in [0.25, 0.3) is 0 Å². The second kappa shape index (κ2) is 37.6. The van der Waals surface area contributed by atoms with Gasteiger partial charge in [0, 0.05) is 18.8 Å². The number of allylic oxidation sites excluding steroid dienone is 2. The molecule has 330 valence electrons. The molecule has 0 aromatic heterocycles. The van der Waals surface area contributed by atoms with Crippen LogP contribution in [-0.4, -0.2) is 24.5 Å². The van der Waals surface area contributed by atoms with Crippen molar-refractivity contribution in [3.63, 3.8) is 0 Å². The molecule has 0 aliphatic heterocycles. The number of hydrogen-bond acceptors (Lipinski definition) is 5. The number of unbranched alkanes of at least 4 members (excludes halogenated alkanes) is 22. The zero-order chi connectivity index (χ0) is 41.7. The first-order chi connectivity index (χ1) is 28.5. The summed E-state index contributed by atoms with van der Waals surface area (Å²) in [7, 11) is 0. The molecule has 59 heavy (non-hydrogen) atoms. The Bertz CT molecular complexity index is 1490. The second-order valence-electron chi connectivity index (χ2n) is 15.9. The van der Waals surface area contributed by atoms with E-state index in [-0.39, 0.29) is 16.5 Å². The first-order valence-corrected chi connectivity index (χ1v) is 23.7. The quantitative estimate of drug-likeness (QED) is 0.0357. The van der Waals surface area contributed by atoms with Crippen molar-refractivity contribution >= 4 is 28.5 Å². The van der Waals surface area contributed by atoms with E-state index in [1.54, 1.807) is 12.1 Å². The summed E-state index contributed by atoms with van der Waals surface area (Å²) in [5.74, 6) is -0.824. The fourth-order valence-corrected chi connectivity index (χ4v) is 7.29. The number of benzene rings is 3. The summed E-state index contributed by atoms with van der Waals surface area (Å²) in [5.41, 5.74) is 4.59.